The van der Waals surface area contributed by atoms with E-state index in [0.29, 0.717) is 0 Å². The predicted molar refractivity (Wildman–Crippen MR) is 21.5 cm³/mol. The fraction of sp³-hybridized carbons (Fsp3) is 0.333. The van der Waals surface area contributed by atoms with E-state index in [4.69, 9.17) is 5.11 Å². The number of hydrogen-bond acceptors (Lipinski definition) is 3. The minimum absolute atomic E-state index is 0.0532. The molecule has 7 heavy (non-hydrogen) atoms. The number of rotatable bonds is 0. The second kappa shape index (κ2) is 1.31. The zero-order chi connectivity index (χ0) is 5.28. The topological polar surface area (TPSA) is 49.3 Å². The van der Waals surface area contributed by atoms with Gasteiger partial charge in [-0.1, -0.05) is 5.59 Å². The molecule has 3 N–H and O–H groups in total. The fourth-order valence-corrected chi connectivity index (χ4v) is 0.372. The van der Waals surface area contributed by atoms with Crippen LogP contribution in [0, 0.1) is 0 Å². The Morgan fingerprint density at radius 1 is 2.00 bits per heavy atom. The van der Waals surface area contributed by atoms with Crippen LogP contribution in [0.5, 0.6) is 0 Å². The largest absolute Gasteiger partial charge is 0.476 e. The molecule has 1 aliphatic heterocycles. The van der Waals surface area contributed by atoms with Gasteiger partial charge in [-0.3, -0.25) is 4.84 Å². The molecule has 0 saturated heterocycles. The van der Waals surface area contributed by atoms with E-state index in [0.717, 1.165) is 0 Å². The van der Waals surface area contributed by atoms with Crippen molar-refractivity contribution < 1.29 is 15.5 Å². The maximum atomic E-state index is 8.47. The highest BCUT2D eigenvalue weighted by Crippen LogP contribution is 1.88. The summed E-state index contributed by atoms with van der Waals surface area (Å²) in [5, 5.41) is 10.1. The lowest BCUT2D eigenvalue weighted by Gasteiger charge is -1.95. The quantitative estimate of drug-likeness (QED) is 0.374. The predicted octanol–water partition coefficient (Wildman–Crippen LogP) is -1.30. The van der Waals surface area contributed by atoms with Crippen LogP contribution >= 0.6 is 0 Å². The van der Waals surface area contributed by atoms with E-state index in [-0.39, 0.29) is 5.95 Å². The molecule has 0 aliphatic carbocycles. The Morgan fingerprint density at radius 2 is 2.71 bits per heavy atom. The van der Waals surface area contributed by atoms with Gasteiger partial charge in [0, 0.05) is 0 Å². The summed E-state index contributed by atoms with van der Waals surface area (Å²) in [7, 11) is 1.77. The van der Waals surface area contributed by atoms with Crippen LogP contribution in [0.1, 0.15) is 0 Å². The molecule has 0 aromatic heterocycles. The highest BCUT2D eigenvalue weighted by molar-refractivity contribution is 4.75. The molecule has 0 radical (unpaired) electrons. The molecule has 0 spiro atoms. The lowest BCUT2D eigenvalue weighted by atomic mass is 10.9. The lowest BCUT2D eigenvalue weighted by Crippen LogP contribution is -2.87. The Kier molecular flexibility index (Phi) is 0.796. The van der Waals surface area contributed by atoms with E-state index in [1.54, 1.807) is 12.1 Å². The van der Waals surface area contributed by atoms with Gasteiger partial charge in [0.25, 0.3) is 0 Å². The van der Waals surface area contributed by atoms with E-state index in [2.05, 4.69) is 4.84 Å². The normalized spacial score (nSPS) is 19.0. The summed E-state index contributed by atoms with van der Waals surface area (Å²) in [5.41, 5.74) is 1.41. The molecular formula is C3H7N2O2+. The number of aliphatic hydroxyl groups is 1. The molecule has 4 heteroatoms. The Labute approximate surface area is 40.9 Å². The van der Waals surface area contributed by atoms with E-state index >= 15 is 0 Å². The van der Waals surface area contributed by atoms with Crippen molar-refractivity contribution in [1.82, 2.24) is 5.01 Å². The number of hydrogen-bond donors (Lipinski definition) is 2. The standard InChI is InChI=1S/C3H6N2O2/c1-5-2-3(6)7-4-5/h2,4,6H,1H3/p+1. The summed E-state index contributed by atoms with van der Waals surface area (Å²) < 4.78 is 0. The van der Waals surface area contributed by atoms with Gasteiger partial charge >= 0.3 is 5.95 Å². The average Bonchev–Trinajstić information content (AvgIpc) is 1.87. The molecule has 40 valence electrons. The van der Waals surface area contributed by atoms with Crippen molar-refractivity contribution in [2.75, 3.05) is 7.05 Å². The zero-order valence-corrected chi connectivity index (χ0v) is 3.96. The third-order valence-electron chi connectivity index (χ3n) is 0.654. The number of nitrogens with zero attached hydrogens (tertiary/aromatic N) is 1. The molecule has 0 unspecified atom stereocenters. The molecule has 0 bridgehead atoms. The van der Waals surface area contributed by atoms with Gasteiger partial charge in [0.15, 0.2) is 0 Å². The van der Waals surface area contributed by atoms with Crippen LogP contribution in [0.2, 0.25) is 0 Å². The molecule has 4 nitrogen and oxygen atoms in total. The molecule has 0 fully saturated rings. The second-order valence-corrected chi connectivity index (χ2v) is 1.36. The average molecular weight is 103 g/mol. The minimum atomic E-state index is -0.0532. The van der Waals surface area contributed by atoms with Gasteiger partial charge in [0.1, 0.15) is 6.20 Å². The van der Waals surface area contributed by atoms with Crippen LogP contribution in [-0.2, 0) is 4.84 Å². The van der Waals surface area contributed by atoms with Gasteiger partial charge in [0.2, 0.25) is 0 Å². The van der Waals surface area contributed by atoms with E-state index in [1.807, 2.05) is 0 Å². The van der Waals surface area contributed by atoms with Crippen molar-refractivity contribution in [1.29, 1.82) is 0 Å². The molecular weight excluding hydrogens is 96.0 g/mol. The summed E-state index contributed by atoms with van der Waals surface area (Å²) in [5.74, 6) is -0.0532. The van der Waals surface area contributed by atoms with Crippen LogP contribution in [0.3, 0.4) is 0 Å². The van der Waals surface area contributed by atoms with Crippen molar-refractivity contribution in [3.8, 4) is 0 Å². The van der Waals surface area contributed by atoms with Crippen LogP contribution in [0.4, 0.5) is 0 Å². The summed E-state index contributed by atoms with van der Waals surface area (Å²) >= 11 is 0. The van der Waals surface area contributed by atoms with Crippen molar-refractivity contribution in [2.45, 2.75) is 0 Å². The van der Waals surface area contributed by atoms with Crippen molar-refractivity contribution >= 4 is 0 Å². The van der Waals surface area contributed by atoms with Crippen LogP contribution in [0.15, 0.2) is 12.1 Å². The highest BCUT2D eigenvalue weighted by Gasteiger charge is 2.09. The fourth-order valence-electron chi connectivity index (χ4n) is 0.372. The maximum absolute atomic E-state index is 8.47. The zero-order valence-electron chi connectivity index (χ0n) is 3.96. The molecule has 0 saturated carbocycles. The van der Waals surface area contributed by atoms with Crippen LogP contribution in [-0.4, -0.2) is 17.2 Å². The lowest BCUT2D eigenvalue weighted by molar-refractivity contribution is -0.970. The SMILES string of the molecule is CN1C=C(O)O[NH2+]1. The Morgan fingerprint density at radius 3 is 2.86 bits per heavy atom. The van der Waals surface area contributed by atoms with Crippen molar-refractivity contribution in [3.63, 3.8) is 0 Å². The third-order valence-corrected chi connectivity index (χ3v) is 0.654. The van der Waals surface area contributed by atoms with Gasteiger partial charge < -0.3 is 5.11 Å². The Balaban J connectivity index is 2.50. The van der Waals surface area contributed by atoms with Gasteiger partial charge in [-0.25, -0.2) is 0 Å². The van der Waals surface area contributed by atoms with Gasteiger partial charge in [-0.15, -0.1) is 0 Å². The van der Waals surface area contributed by atoms with E-state index in [9.17, 15) is 0 Å². The molecule has 0 aromatic carbocycles. The molecule has 1 aliphatic rings. The first-order chi connectivity index (χ1) is 3.29. The van der Waals surface area contributed by atoms with Gasteiger partial charge in [-0.2, -0.15) is 5.01 Å². The van der Waals surface area contributed by atoms with Crippen molar-refractivity contribution in [2.24, 2.45) is 0 Å². The first kappa shape index (κ1) is 4.26. The monoisotopic (exact) mass is 103 g/mol. The van der Waals surface area contributed by atoms with Gasteiger partial charge in [-0.05, 0) is 0 Å². The number of quaternary nitrogens is 1. The van der Waals surface area contributed by atoms with Crippen molar-refractivity contribution in [3.05, 3.63) is 12.1 Å². The first-order valence-electron chi connectivity index (χ1n) is 1.92. The maximum Gasteiger partial charge on any atom is 0.365 e. The summed E-state index contributed by atoms with van der Waals surface area (Å²) in [4.78, 5) is 4.48. The van der Waals surface area contributed by atoms with E-state index in [1.165, 1.54) is 11.8 Å². The van der Waals surface area contributed by atoms with Gasteiger partial charge in [0.05, 0.1) is 7.05 Å². The Bertz CT molecular complexity index is 101. The van der Waals surface area contributed by atoms with Crippen LogP contribution in [0.25, 0.3) is 0 Å². The second-order valence-electron chi connectivity index (χ2n) is 1.36. The Hall–Kier alpha value is -0.900. The first-order valence-corrected chi connectivity index (χ1v) is 1.92. The summed E-state index contributed by atoms with van der Waals surface area (Å²) in [6.45, 7) is 0. The summed E-state index contributed by atoms with van der Waals surface area (Å²) in [6, 6.07) is 0. The number of nitrogens with two attached hydrogens (primary N) is 1. The molecule has 0 amide bonds. The van der Waals surface area contributed by atoms with E-state index < -0.39 is 0 Å². The van der Waals surface area contributed by atoms with Crippen LogP contribution < -0.4 is 5.59 Å². The number of aliphatic hydroxyl groups excluding tert-OH is 1. The third kappa shape index (κ3) is 0.747. The highest BCUT2D eigenvalue weighted by atomic mass is 16.8. The molecule has 0 atom stereocenters. The molecule has 0 aromatic rings. The summed E-state index contributed by atoms with van der Waals surface area (Å²) in [6.07, 6.45) is 1.47. The minimum Gasteiger partial charge on any atom is -0.476 e. The smallest absolute Gasteiger partial charge is 0.365 e. The molecule has 1 rings (SSSR count). The molecule has 1 heterocycles.